The Morgan fingerprint density at radius 3 is 2.56 bits per heavy atom. The third kappa shape index (κ3) is 4.92. The summed E-state index contributed by atoms with van der Waals surface area (Å²) in [5.74, 6) is -0.378. The van der Waals surface area contributed by atoms with Crippen molar-refractivity contribution in [3.63, 3.8) is 0 Å². The molecule has 0 atom stereocenters. The average molecular weight is 330 g/mol. The normalized spacial score (nSPS) is 10.1. The Balaban J connectivity index is 2.37. The van der Waals surface area contributed by atoms with Crippen molar-refractivity contribution in [2.45, 2.75) is 6.42 Å². The molecule has 0 spiro atoms. The van der Waals surface area contributed by atoms with Crippen LogP contribution in [0.15, 0.2) is 42.5 Å². The van der Waals surface area contributed by atoms with Gasteiger partial charge in [-0.1, -0.05) is 24.3 Å². The van der Waals surface area contributed by atoms with E-state index in [-0.39, 0.29) is 18.2 Å². The van der Waals surface area contributed by atoms with Gasteiger partial charge in [-0.05, 0) is 12.1 Å². The lowest BCUT2D eigenvalue weighted by Crippen LogP contribution is -2.11. The smallest absolute Gasteiger partial charge is 0.252 e. The van der Waals surface area contributed by atoms with Crippen LogP contribution >= 0.6 is 22.9 Å². The molecule has 4 nitrogen and oxygen atoms in total. The lowest BCUT2D eigenvalue weighted by molar-refractivity contribution is -0.115. The van der Waals surface area contributed by atoms with Crippen molar-refractivity contribution in [3.8, 4) is 0 Å². The third-order valence-electron chi connectivity index (χ3n) is 1.72. The largest absolute Gasteiger partial charge is 0.326 e. The Morgan fingerprint density at radius 2 is 1.94 bits per heavy atom. The first kappa shape index (κ1) is 12.7. The van der Waals surface area contributed by atoms with Crippen LogP contribution in [0.3, 0.4) is 0 Å². The van der Waals surface area contributed by atoms with E-state index in [4.69, 9.17) is 0 Å². The number of para-hydroxylation sites is 1. The van der Waals surface area contributed by atoms with Crippen LogP contribution in [0.1, 0.15) is 6.42 Å². The van der Waals surface area contributed by atoms with Gasteiger partial charge >= 0.3 is 0 Å². The molecule has 0 bridgehead atoms. The molecule has 84 valence electrons. The summed E-state index contributed by atoms with van der Waals surface area (Å²) in [7, 11) is 0. The van der Waals surface area contributed by atoms with Gasteiger partial charge < -0.3 is 5.32 Å². The van der Waals surface area contributed by atoms with Crippen LogP contribution in [0.25, 0.3) is 0 Å². The topological polar surface area (TPSA) is 58.2 Å². The van der Waals surface area contributed by atoms with Crippen LogP contribution < -0.4 is 8.85 Å². The molecular formula is C11H11IN2O2. The molecule has 0 unspecified atom stereocenters. The number of carbonyl (C=O) groups is 2. The fraction of sp³-hybridized carbons (Fsp3) is 0.0909. The summed E-state index contributed by atoms with van der Waals surface area (Å²) in [6, 6.07) is 9.17. The van der Waals surface area contributed by atoms with Gasteiger partial charge in [-0.3, -0.25) is 13.1 Å². The first-order valence-corrected chi connectivity index (χ1v) is 5.72. The maximum absolute atomic E-state index is 11.4. The van der Waals surface area contributed by atoms with Crippen molar-refractivity contribution in [3.05, 3.63) is 42.5 Å². The molecule has 0 saturated carbocycles. The first-order chi connectivity index (χ1) is 7.72. The second-order valence-corrected chi connectivity index (χ2v) is 3.52. The van der Waals surface area contributed by atoms with Crippen LogP contribution in [0.4, 0.5) is 5.69 Å². The van der Waals surface area contributed by atoms with Crippen molar-refractivity contribution in [1.29, 1.82) is 0 Å². The zero-order valence-corrected chi connectivity index (χ0v) is 10.6. The molecule has 1 rings (SSSR count). The Kier molecular flexibility index (Phi) is 5.55. The molecule has 1 aromatic carbocycles. The van der Waals surface area contributed by atoms with E-state index in [2.05, 4.69) is 8.85 Å². The number of hydrogen-bond acceptors (Lipinski definition) is 2. The van der Waals surface area contributed by atoms with Crippen molar-refractivity contribution in [2.24, 2.45) is 0 Å². The molecule has 16 heavy (non-hydrogen) atoms. The van der Waals surface area contributed by atoms with Crippen LogP contribution in [0.5, 0.6) is 0 Å². The Bertz CT molecular complexity index is 390. The highest BCUT2D eigenvalue weighted by molar-refractivity contribution is 14.1. The summed E-state index contributed by atoms with van der Waals surface area (Å²) < 4.78 is 2.40. The number of hydrogen-bond donors (Lipinski definition) is 2. The Hall–Kier alpha value is -1.37. The number of halogens is 1. The summed E-state index contributed by atoms with van der Waals surface area (Å²) >= 11 is 1.74. The summed E-state index contributed by atoms with van der Waals surface area (Å²) in [6.45, 7) is 0. The predicted molar refractivity (Wildman–Crippen MR) is 71.0 cm³/mol. The molecule has 1 aromatic rings. The number of amides is 2. The molecule has 0 aliphatic heterocycles. The zero-order valence-electron chi connectivity index (χ0n) is 8.44. The Morgan fingerprint density at radius 1 is 1.25 bits per heavy atom. The quantitative estimate of drug-likeness (QED) is 0.504. The molecule has 0 radical (unpaired) electrons. The summed E-state index contributed by atoms with van der Waals surface area (Å²) in [5, 5.41) is 2.71. The fourth-order valence-electron chi connectivity index (χ4n) is 1.04. The SMILES string of the molecule is O=C(/C=C/CC(=O)Nc1ccccc1)NI. The second-order valence-electron chi connectivity index (χ2n) is 2.98. The zero-order chi connectivity index (χ0) is 11.8. The van der Waals surface area contributed by atoms with Crippen molar-refractivity contribution in [1.82, 2.24) is 3.53 Å². The molecule has 5 heteroatoms. The van der Waals surface area contributed by atoms with Gasteiger partial charge in [-0.25, -0.2) is 0 Å². The second kappa shape index (κ2) is 7.00. The monoisotopic (exact) mass is 330 g/mol. The van der Waals surface area contributed by atoms with Gasteiger partial charge in [0, 0.05) is 18.2 Å². The van der Waals surface area contributed by atoms with Crippen LogP contribution in [-0.4, -0.2) is 11.8 Å². The molecular weight excluding hydrogens is 319 g/mol. The van der Waals surface area contributed by atoms with Gasteiger partial charge in [0.15, 0.2) is 0 Å². The minimum atomic E-state index is -0.229. The fourth-order valence-corrected chi connectivity index (χ4v) is 1.22. The van der Waals surface area contributed by atoms with E-state index < -0.39 is 0 Å². The molecule has 0 aliphatic carbocycles. The lowest BCUT2D eigenvalue weighted by Gasteiger charge is -2.01. The number of rotatable bonds is 4. The van der Waals surface area contributed by atoms with E-state index >= 15 is 0 Å². The van der Waals surface area contributed by atoms with E-state index in [9.17, 15) is 9.59 Å². The van der Waals surface area contributed by atoms with Crippen molar-refractivity contribution in [2.75, 3.05) is 5.32 Å². The predicted octanol–water partition coefficient (Wildman–Crippen LogP) is 2.04. The maximum atomic E-state index is 11.4. The average Bonchev–Trinajstić information content (AvgIpc) is 2.30. The summed E-state index contributed by atoms with van der Waals surface area (Å²) in [5.41, 5.74) is 0.749. The summed E-state index contributed by atoms with van der Waals surface area (Å²) in [4.78, 5) is 22.2. The molecule has 0 aliphatic rings. The van der Waals surface area contributed by atoms with Crippen LogP contribution in [0, 0.1) is 0 Å². The van der Waals surface area contributed by atoms with Crippen LogP contribution in [-0.2, 0) is 9.59 Å². The lowest BCUT2D eigenvalue weighted by atomic mass is 10.3. The summed E-state index contributed by atoms with van der Waals surface area (Å²) in [6.07, 6.45) is 3.03. The molecule has 0 heterocycles. The Labute approximate surface area is 108 Å². The molecule has 2 amide bonds. The number of nitrogens with one attached hydrogen (secondary N) is 2. The van der Waals surface area contributed by atoms with E-state index in [1.165, 1.54) is 12.2 Å². The third-order valence-corrected chi connectivity index (χ3v) is 2.25. The first-order valence-electron chi connectivity index (χ1n) is 4.64. The van der Waals surface area contributed by atoms with Crippen LogP contribution in [0.2, 0.25) is 0 Å². The highest BCUT2D eigenvalue weighted by atomic mass is 127. The minimum absolute atomic E-state index is 0.149. The standard InChI is InChI=1S/C11H11IN2O2/c12-14-11(16)8-4-7-10(15)13-9-5-2-1-3-6-9/h1-6,8H,7H2,(H,13,15)(H,14,16)/b8-4+. The van der Waals surface area contributed by atoms with Gasteiger partial charge in [-0.2, -0.15) is 0 Å². The molecule has 0 aromatic heterocycles. The molecule has 2 N–H and O–H groups in total. The number of anilines is 1. The van der Waals surface area contributed by atoms with Gasteiger partial charge in [0.1, 0.15) is 0 Å². The van der Waals surface area contributed by atoms with E-state index in [0.29, 0.717) is 0 Å². The van der Waals surface area contributed by atoms with Gasteiger partial charge in [-0.15, -0.1) is 0 Å². The van der Waals surface area contributed by atoms with Gasteiger partial charge in [0.25, 0.3) is 5.91 Å². The van der Waals surface area contributed by atoms with E-state index in [0.717, 1.165) is 5.69 Å². The van der Waals surface area contributed by atoms with Crippen molar-refractivity contribution < 1.29 is 9.59 Å². The van der Waals surface area contributed by atoms with E-state index in [1.807, 2.05) is 18.2 Å². The minimum Gasteiger partial charge on any atom is -0.326 e. The maximum Gasteiger partial charge on any atom is 0.252 e. The number of benzene rings is 1. The highest BCUT2D eigenvalue weighted by Crippen LogP contribution is 2.05. The highest BCUT2D eigenvalue weighted by Gasteiger charge is 1.99. The van der Waals surface area contributed by atoms with E-state index in [1.54, 1.807) is 35.0 Å². The van der Waals surface area contributed by atoms with Gasteiger partial charge in [0.2, 0.25) is 5.91 Å². The van der Waals surface area contributed by atoms with Crippen molar-refractivity contribution >= 4 is 40.4 Å². The molecule has 0 fully saturated rings. The molecule has 0 saturated heterocycles. The van der Waals surface area contributed by atoms with Gasteiger partial charge in [0.05, 0.1) is 22.9 Å². The number of carbonyl (C=O) groups excluding carboxylic acids is 2.